The number of nitrogen functional groups attached to an aromatic ring is 1. The molecule has 0 spiro atoms. The molecule has 0 aliphatic carbocycles. The first-order valence-electron chi connectivity index (χ1n) is 5.83. The van der Waals surface area contributed by atoms with Gasteiger partial charge in [-0.05, 0) is 18.6 Å². The minimum absolute atomic E-state index is 0.0660. The lowest BCUT2D eigenvalue weighted by atomic mass is 10.2. The van der Waals surface area contributed by atoms with E-state index in [4.69, 9.17) is 5.73 Å². The molecule has 2 rings (SSSR count). The molecule has 0 radical (unpaired) electrons. The maximum atomic E-state index is 12.2. The summed E-state index contributed by atoms with van der Waals surface area (Å²) >= 11 is 1.95. The van der Waals surface area contributed by atoms with Gasteiger partial charge in [-0.1, -0.05) is 6.92 Å². The highest BCUT2D eigenvalue weighted by atomic mass is 32.2. The second-order valence-electron chi connectivity index (χ2n) is 4.12. The van der Waals surface area contributed by atoms with Crippen LogP contribution in [0, 0.1) is 0 Å². The number of hydrogen-bond acceptors (Lipinski definition) is 4. The van der Waals surface area contributed by atoms with E-state index in [2.05, 4.69) is 11.9 Å². The zero-order valence-corrected chi connectivity index (χ0v) is 10.7. The zero-order chi connectivity index (χ0) is 12.3. The van der Waals surface area contributed by atoms with Crippen LogP contribution in [0.4, 0.5) is 5.82 Å². The van der Waals surface area contributed by atoms with Gasteiger partial charge >= 0.3 is 0 Å². The van der Waals surface area contributed by atoms with Crippen molar-refractivity contribution >= 4 is 23.5 Å². The van der Waals surface area contributed by atoms with E-state index in [0.29, 0.717) is 16.6 Å². The average molecular weight is 251 g/mol. The second kappa shape index (κ2) is 5.40. The molecule has 1 aromatic rings. The Morgan fingerprint density at radius 3 is 3.12 bits per heavy atom. The molecule has 2 N–H and O–H groups in total. The molecule has 1 fully saturated rings. The normalized spacial score (nSPS) is 20.3. The first-order chi connectivity index (χ1) is 8.20. The fourth-order valence-corrected chi connectivity index (χ4v) is 3.05. The van der Waals surface area contributed by atoms with E-state index in [9.17, 15) is 4.79 Å². The van der Waals surface area contributed by atoms with Crippen LogP contribution in [0.5, 0.6) is 0 Å². The van der Waals surface area contributed by atoms with Crippen LogP contribution in [-0.2, 0) is 0 Å². The number of nitrogens with two attached hydrogens (primary N) is 1. The first-order valence-corrected chi connectivity index (χ1v) is 6.88. The number of pyridine rings is 1. The van der Waals surface area contributed by atoms with Crippen molar-refractivity contribution in [3.63, 3.8) is 0 Å². The molecular formula is C12H17N3OS. The highest BCUT2D eigenvalue weighted by molar-refractivity contribution is 8.00. The number of carbonyl (C=O) groups excluding carboxylic acids is 1. The molecule has 4 nitrogen and oxygen atoms in total. The monoisotopic (exact) mass is 251 g/mol. The van der Waals surface area contributed by atoms with Crippen LogP contribution in [0.1, 0.15) is 23.7 Å². The zero-order valence-electron chi connectivity index (χ0n) is 9.93. The molecule has 2 heterocycles. The molecule has 0 saturated carbocycles. The summed E-state index contributed by atoms with van der Waals surface area (Å²) in [7, 11) is 0. The van der Waals surface area contributed by atoms with Crippen LogP contribution >= 0.6 is 11.8 Å². The third-order valence-electron chi connectivity index (χ3n) is 2.91. The van der Waals surface area contributed by atoms with Gasteiger partial charge in [-0.3, -0.25) is 4.79 Å². The predicted octanol–water partition coefficient (Wildman–Crippen LogP) is 1.63. The summed E-state index contributed by atoms with van der Waals surface area (Å²) in [6.45, 7) is 3.82. The summed E-state index contributed by atoms with van der Waals surface area (Å²) < 4.78 is 0. The van der Waals surface area contributed by atoms with Gasteiger partial charge in [0.15, 0.2) is 0 Å². The Kier molecular flexibility index (Phi) is 3.89. The molecule has 1 unspecified atom stereocenters. The predicted molar refractivity (Wildman–Crippen MR) is 71.1 cm³/mol. The van der Waals surface area contributed by atoms with Crippen LogP contribution in [-0.4, -0.2) is 39.9 Å². The van der Waals surface area contributed by atoms with E-state index >= 15 is 0 Å². The summed E-state index contributed by atoms with van der Waals surface area (Å²) in [6, 6.07) is 3.41. The SMILES string of the molecule is CCC1CN(C(=O)c2ccc(N)nc2)CCS1. The Balaban J connectivity index is 2.06. The van der Waals surface area contributed by atoms with Crippen molar-refractivity contribution in [1.82, 2.24) is 9.88 Å². The van der Waals surface area contributed by atoms with Gasteiger partial charge in [0.05, 0.1) is 5.56 Å². The van der Waals surface area contributed by atoms with Crippen LogP contribution in [0.25, 0.3) is 0 Å². The lowest BCUT2D eigenvalue weighted by Crippen LogP contribution is -2.41. The van der Waals surface area contributed by atoms with E-state index in [1.807, 2.05) is 16.7 Å². The molecule has 0 bridgehead atoms. The van der Waals surface area contributed by atoms with Gasteiger partial charge in [0.1, 0.15) is 5.82 Å². The van der Waals surface area contributed by atoms with Gasteiger partial charge in [-0.15, -0.1) is 0 Å². The summed E-state index contributed by atoms with van der Waals surface area (Å²) in [5.41, 5.74) is 6.14. The van der Waals surface area contributed by atoms with Crippen molar-refractivity contribution in [2.24, 2.45) is 0 Å². The van der Waals surface area contributed by atoms with Crippen LogP contribution in [0.2, 0.25) is 0 Å². The van der Waals surface area contributed by atoms with Crippen molar-refractivity contribution in [1.29, 1.82) is 0 Å². The van der Waals surface area contributed by atoms with Crippen molar-refractivity contribution < 1.29 is 4.79 Å². The molecule has 1 amide bonds. The second-order valence-corrected chi connectivity index (χ2v) is 5.53. The Bertz CT molecular complexity index is 393. The van der Waals surface area contributed by atoms with E-state index in [0.717, 1.165) is 25.3 Å². The molecule has 1 saturated heterocycles. The van der Waals surface area contributed by atoms with Gasteiger partial charge < -0.3 is 10.6 Å². The lowest BCUT2D eigenvalue weighted by Gasteiger charge is -2.31. The van der Waals surface area contributed by atoms with Gasteiger partial charge in [0, 0.05) is 30.3 Å². The summed E-state index contributed by atoms with van der Waals surface area (Å²) in [5.74, 6) is 1.53. The van der Waals surface area contributed by atoms with Gasteiger partial charge in [-0.2, -0.15) is 11.8 Å². The fraction of sp³-hybridized carbons (Fsp3) is 0.500. The summed E-state index contributed by atoms with van der Waals surface area (Å²) in [6.07, 6.45) is 2.66. The van der Waals surface area contributed by atoms with E-state index in [1.165, 1.54) is 0 Å². The van der Waals surface area contributed by atoms with Crippen molar-refractivity contribution in [2.45, 2.75) is 18.6 Å². The standard InChI is InChI=1S/C12H17N3OS/c1-2-10-8-15(5-6-17-10)12(16)9-3-4-11(13)14-7-9/h3-4,7,10H,2,5-6,8H2,1H3,(H2,13,14). The Labute approximate surface area is 106 Å². The van der Waals surface area contributed by atoms with E-state index in [-0.39, 0.29) is 5.91 Å². The number of hydrogen-bond donors (Lipinski definition) is 1. The third kappa shape index (κ3) is 2.91. The van der Waals surface area contributed by atoms with Crippen molar-refractivity contribution in [3.8, 4) is 0 Å². The van der Waals surface area contributed by atoms with Crippen molar-refractivity contribution in [2.75, 3.05) is 24.6 Å². The lowest BCUT2D eigenvalue weighted by molar-refractivity contribution is 0.0760. The van der Waals surface area contributed by atoms with Gasteiger partial charge in [-0.25, -0.2) is 4.98 Å². The number of amides is 1. The minimum atomic E-state index is 0.0660. The molecule has 92 valence electrons. The largest absolute Gasteiger partial charge is 0.384 e. The Morgan fingerprint density at radius 1 is 1.65 bits per heavy atom. The number of aromatic nitrogens is 1. The van der Waals surface area contributed by atoms with E-state index in [1.54, 1.807) is 18.3 Å². The highest BCUT2D eigenvalue weighted by Crippen LogP contribution is 2.22. The molecule has 1 aliphatic rings. The molecule has 1 aromatic heterocycles. The molecule has 17 heavy (non-hydrogen) atoms. The number of nitrogens with zero attached hydrogens (tertiary/aromatic N) is 2. The average Bonchev–Trinajstić information content (AvgIpc) is 2.39. The van der Waals surface area contributed by atoms with Crippen molar-refractivity contribution in [3.05, 3.63) is 23.9 Å². The smallest absolute Gasteiger partial charge is 0.255 e. The number of thioether (sulfide) groups is 1. The molecular weight excluding hydrogens is 234 g/mol. The molecule has 1 aliphatic heterocycles. The van der Waals surface area contributed by atoms with Gasteiger partial charge in [0.25, 0.3) is 5.91 Å². The minimum Gasteiger partial charge on any atom is -0.384 e. The third-order valence-corrected chi connectivity index (χ3v) is 4.29. The maximum Gasteiger partial charge on any atom is 0.255 e. The quantitative estimate of drug-likeness (QED) is 0.868. The van der Waals surface area contributed by atoms with Crippen LogP contribution < -0.4 is 5.73 Å². The first kappa shape index (κ1) is 12.2. The molecule has 5 heteroatoms. The molecule has 1 atom stereocenters. The maximum absolute atomic E-state index is 12.2. The summed E-state index contributed by atoms with van der Waals surface area (Å²) in [4.78, 5) is 18.1. The highest BCUT2D eigenvalue weighted by Gasteiger charge is 2.23. The van der Waals surface area contributed by atoms with E-state index < -0.39 is 0 Å². The fourth-order valence-electron chi connectivity index (χ4n) is 1.87. The number of rotatable bonds is 2. The van der Waals surface area contributed by atoms with Gasteiger partial charge in [0.2, 0.25) is 0 Å². The Morgan fingerprint density at radius 2 is 2.47 bits per heavy atom. The Hall–Kier alpha value is -1.23. The number of anilines is 1. The molecule has 0 aromatic carbocycles. The van der Waals surface area contributed by atoms with Crippen LogP contribution in [0.15, 0.2) is 18.3 Å². The summed E-state index contributed by atoms with van der Waals surface area (Å²) in [5, 5.41) is 0.564. The van der Waals surface area contributed by atoms with Crippen LogP contribution in [0.3, 0.4) is 0 Å². The number of carbonyl (C=O) groups is 1. The topological polar surface area (TPSA) is 59.2 Å².